The molecule has 7 nitrogen and oxygen atoms in total. The monoisotopic (exact) mass is 403 g/mol. The summed E-state index contributed by atoms with van der Waals surface area (Å²) in [5, 5.41) is 7.07. The Kier molecular flexibility index (Phi) is 4.69. The number of esters is 1. The normalized spacial score (nSPS) is 16.7. The average Bonchev–Trinajstić information content (AvgIpc) is 3.29. The van der Waals surface area contributed by atoms with Crippen LogP contribution in [-0.2, 0) is 15.7 Å². The molecule has 1 fully saturated rings. The molecule has 0 amide bonds. The van der Waals surface area contributed by atoms with Crippen LogP contribution in [0.4, 0.5) is 24.8 Å². The van der Waals surface area contributed by atoms with Gasteiger partial charge in [0.15, 0.2) is 6.04 Å². The molecule has 0 aliphatic carbocycles. The van der Waals surface area contributed by atoms with E-state index in [2.05, 4.69) is 20.4 Å². The standard InChI is InChI=1S/C19H16F3N5O2/c1-11-6-12(13-9-24-27(10-13)15-3-5-29-17(15)28)8-14(7-11)25-18-23-4-2-16(26-18)19(20,21)22/h2,4,6-10,15H,3,5H2,1H3,(H,23,25,26). The number of nitrogens with zero attached hydrogens (tertiary/aromatic N) is 4. The van der Waals surface area contributed by atoms with Gasteiger partial charge >= 0.3 is 12.1 Å². The molecular formula is C19H16F3N5O2. The molecule has 1 unspecified atom stereocenters. The Morgan fingerprint density at radius 2 is 2.07 bits per heavy atom. The van der Waals surface area contributed by atoms with E-state index in [-0.39, 0.29) is 11.9 Å². The predicted molar refractivity (Wildman–Crippen MR) is 97.3 cm³/mol. The molecule has 0 bridgehead atoms. The van der Waals surface area contributed by atoms with Gasteiger partial charge in [-0.2, -0.15) is 18.3 Å². The number of alkyl halides is 3. The van der Waals surface area contributed by atoms with Crippen LogP contribution in [-0.4, -0.2) is 32.3 Å². The fraction of sp³-hybridized carbons (Fsp3) is 0.263. The third-order valence-corrected chi connectivity index (χ3v) is 4.44. The van der Waals surface area contributed by atoms with E-state index >= 15 is 0 Å². The summed E-state index contributed by atoms with van der Waals surface area (Å²) >= 11 is 0. The molecule has 10 heteroatoms. The van der Waals surface area contributed by atoms with E-state index in [9.17, 15) is 18.0 Å². The highest BCUT2D eigenvalue weighted by Crippen LogP contribution is 2.30. The van der Waals surface area contributed by atoms with Crippen molar-refractivity contribution in [3.8, 4) is 11.1 Å². The Balaban J connectivity index is 1.60. The van der Waals surface area contributed by atoms with Crippen molar-refractivity contribution in [1.82, 2.24) is 19.7 Å². The summed E-state index contributed by atoms with van der Waals surface area (Å²) in [7, 11) is 0. The summed E-state index contributed by atoms with van der Waals surface area (Å²) in [4.78, 5) is 19.1. The number of anilines is 2. The SMILES string of the molecule is Cc1cc(Nc2nccc(C(F)(F)F)n2)cc(-c2cnn(C3CCOC3=O)c2)c1. The summed E-state index contributed by atoms with van der Waals surface area (Å²) in [6, 6.07) is 5.81. The molecule has 4 rings (SSSR count). The van der Waals surface area contributed by atoms with E-state index in [0.717, 1.165) is 29.0 Å². The highest BCUT2D eigenvalue weighted by molar-refractivity contribution is 5.76. The maximum atomic E-state index is 12.9. The highest BCUT2D eigenvalue weighted by Gasteiger charge is 2.33. The molecule has 2 aromatic heterocycles. The van der Waals surface area contributed by atoms with Crippen molar-refractivity contribution in [1.29, 1.82) is 0 Å². The number of halogens is 3. The zero-order valence-corrected chi connectivity index (χ0v) is 15.3. The summed E-state index contributed by atoms with van der Waals surface area (Å²) in [6.45, 7) is 2.23. The van der Waals surface area contributed by atoms with Gasteiger partial charge in [0.2, 0.25) is 5.95 Å². The van der Waals surface area contributed by atoms with Gasteiger partial charge in [-0.25, -0.2) is 14.8 Å². The van der Waals surface area contributed by atoms with Gasteiger partial charge in [0.05, 0.1) is 12.8 Å². The number of aromatic nitrogens is 4. The van der Waals surface area contributed by atoms with E-state index in [1.54, 1.807) is 29.2 Å². The van der Waals surface area contributed by atoms with Gasteiger partial charge in [-0.1, -0.05) is 6.07 Å². The molecule has 1 saturated heterocycles. The van der Waals surface area contributed by atoms with Crippen molar-refractivity contribution >= 4 is 17.6 Å². The molecule has 29 heavy (non-hydrogen) atoms. The summed E-state index contributed by atoms with van der Waals surface area (Å²) in [6.07, 6.45) is 0.446. The molecule has 3 heterocycles. The second-order valence-corrected chi connectivity index (χ2v) is 6.66. The van der Waals surface area contributed by atoms with Crippen molar-refractivity contribution in [3.63, 3.8) is 0 Å². The zero-order valence-electron chi connectivity index (χ0n) is 15.3. The highest BCUT2D eigenvalue weighted by atomic mass is 19.4. The van der Waals surface area contributed by atoms with Crippen molar-refractivity contribution in [2.24, 2.45) is 0 Å². The van der Waals surface area contributed by atoms with Crippen LogP contribution in [0.3, 0.4) is 0 Å². The van der Waals surface area contributed by atoms with E-state index in [1.165, 1.54) is 0 Å². The quantitative estimate of drug-likeness (QED) is 0.666. The average molecular weight is 403 g/mol. The van der Waals surface area contributed by atoms with Crippen LogP contribution in [0.5, 0.6) is 0 Å². The summed E-state index contributed by atoms with van der Waals surface area (Å²) in [5.74, 6) is -0.464. The minimum atomic E-state index is -4.55. The molecule has 1 atom stereocenters. The topological polar surface area (TPSA) is 81.9 Å². The van der Waals surface area contributed by atoms with Gasteiger partial charge in [0.1, 0.15) is 5.69 Å². The van der Waals surface area contributed by atoms with Gasteiger partial charge in [-0.3, -0.25) is 4.68 Å². The molecule has 1 N–H and O–H groups in total. The lowest BCUT2D eigenvalue weighted by molar-refractivity contribution is -0.141. The van der Waals surface area contributed by atoms with Crippen LogP contribution >= 0.6 is 0 Å². The van der Waals surface area contributed by atoms with Gasteiger partial charge in [-0.05, 0) is 36.2 Å². The molecular weight excluding hydrogens is 387 g/mol. The van der Waals surface area contributed by atoms with Crippen molar-refractivity contribution in [3.05, 3.63) is 54.1 Å². The van der Waals surface area contributed by atoms with Crippen LogP contribution in [0.1, 0.15) is 23.7 Å². The third kappa shape index (κ3) is 4.05. The maximum Gasteiger partial charge on any atom is 0.433 e. The van der Waals surface area contributed by atoms with Gasteiger partial charge in [0, 0.05) is 30.1 Å². The van der Waals surface area contributed by atoms with E-state index in [0.29, 0.717) is 18.7 Å². The first kappa shape index (κ1) is 18.9. The lowest BCUT2D eigenvalue weighted by Crippen LogP contribution is -2.14. The second-order valence-electron chi connectivity index (χ2n) is 6.66. The van der Waals surface area contributed by atoms with Crippen molar-refractivity contribution in [2.45, 2.75) is 25.6 Å². The Bertz CT molecular complexity index is 1060. The summed E-state index contributed by atoms with van der Waals surface area (Å²) < 4.78 is 45.1. The minimum Gasteiger partial charge on any atom is -0.464 e. The number of carbonyl (C=O) groups excluding carboxylic acids is 1. The first-order valence-electron chi connectivity index (χ1n) is 8.80. The van der Waals surface area contributed by atoms with Crippen molar-refractivity contribution < 1.29 is 22.7 Å². The van der Waals surface area contributed by atoms with E-state index < -0.39 is 17.9 Å². The number of benzene rings is 1. The van der Waals surface area contributed by atoms with Crippen LogP contribution in [0.15, 0.2) is 42.9 Å². The fourth-order valence-corrected chi connectivity index (χ4v) is 3.11. The number of aryl methyl sites for hydroxylation is 1. The lowest BCUT2D eigenvalue weighted by atomic mass is 10.1. The summed E-state index contributed by atoms with van der Waals surface area (Å²) in [5.41, 5.74) is 1.95. The number of hydrogen-bond donors (Lipinski definition) is 1. The molecule has 0 spiro atoms. The van der Waals surface area contributed by atoms with Crippen LogP contribution in [0, 0.1) is 6.92 Å². The Morgan fingerprint density at radius 3 is 2.79 bits per heavy atom. The number of ether oxygens (including phenoxy) is 1. The number of rotatable bonds is 4. The Labute approximate surface area is 163 Å². The fourth-order valence-electron chi connectivity index (χ4n) is 3.11. The molecule has 3 aromatic rings. The lowest BCUT2D eigenvalue weighted by Gasteiger charge is -2.10. The Morgan fingerprint density at radius 1 is 1.24 bits per heavy atom. The van der Waals surface area contributed by atoms with E-state index in [1.807, 2.05) is 13.0 Å². The largest absolute Gasteiger partial charge is 0.464 e. The van der Waals surface area contributed by atoms with Crippen LogP contribution in [0.25, 0.3) is 11.1 Å². The molecule has 150 valence electrons. The molecule has 1 aliphatic rings. The van der Waals surface area contributed by atoms with Crippen molar-refractivity contribution in [2.75, 3.05) is 11.9 Å². The molecule has 0 saturated carbocycles. The number of nitrogens with one attached hydrogen (secondary N) is 1. The molecule has 1 aliphatic heterocycles. The molecule has 0 radical (unpaired) electrons. The maximum absolute atomic E-state index is 12.9. The first-order valence-corrected chi connectivity index (χ1v) is 8.80. The van der Waals surface area contributed by atoms with Crippen LogP contribution < -0.4 is 5.32 Å². The number of cyclic esters (lactones) is 1. The minimum absolute atomic E-state index is 0.152. The van der Waals surface area contributed by atoms with Gasteiger partial charge in [-0.15, -0.1) is 0 Å². The number of carbonyl (C=O) groups is 1. The van der Waals surface area contributed by atoms with E-state index in [4.69, 9.17) is 4.74 Å². The predicted octanol–water partition coefficient (Wildman–Crippen LogP) is 3.90. The zero-order chi connectivity index (χ0) is 20.6. The van der Waals surface area contributed by atoms with Gasteiger partial charge in [0.25, 0.3) is 0 Å². The third-order valence-electron chi connectivity index (χ3n) is 4.44. The Hall–Kier alpha value is -3.43. The second kappa shape index (κ2) is 7.19. The smallest absolute Gasteiger partial charge is 0.433 e. The first-order chi connectivity index (χ1) is 13.8. The van der Waals surface area contributed by atoms with Gasteiger partial charge < -0.3 is 10.1 Å². The van der Waals surface area contributed by atoms with Crippen LogP contribution in [0.2, 0.25) is 0 Å². The number of hydrogen-bond acceptors (Lipinski definition) is 6. The molecule has 1 aromatic carbocycles.